The molecule has 0 saturated carbocycles. The number of fused-ring (bicyclic) bond motifs is 4. The summed E-state index contributed by atoms with van der Waals surface area (Å²) >= 11 is 0. The van der Waals surface area contributed by atoms with Crippen LogP contribution in [0.5, 0.6) is 11.6 Å². The minimum Gasteiger partial charge on any atom is -0.470 e. The van der Waals surface area contributed by atoms with Crippen molar-refractivity contribution in [1.82, 2.24) is 5.16 Å². The van der Waals surface area contributed by atoms with Crippen molar-refractivity contribution in [2.24, 2.45) is 11.8 Å². The number of anilines is 1. The third-order valence-corrected chi connectivity index (χ3v) is 9.74. The molecule has 11 nitrogen and oxygen atoms in total. The maximum atomic E-state index is 14.8. The van der Waals surface area contributed by atoms with Gasteiger partial charge in [0.2, 0.25) is 11.4 Å². The molecule has 4 aliphatic rings. The fourth-order valence-corrected chi connectivity index (χ4v) is 7.79. The zero-order valence-electron chi connectivity index (χ0n) is 27.7. The molecule has 8 rings (SSSR count). The number of hydrogen-bond donors (Lipinski definition) is 0. The van der Waals surface area contributed by atoms with E-state index < -0.39 is 17.4 Å². The van der Waals surface area contributed by atoms with Gasteiger partial charge < -0.3 is 28.4 Å². The van der Waals surface area contributed by atoms with Gasteiger partial charge in [0.05, 0.1) is 5.56 Å². The molecular formula is C38H34N2O9. The molecule has 0 radical (unpaired) electrons. The number of ketones is 2. The van der Waals surface area contributed by atoms with Crippen LogP contribution in [0.1, 0.15) is 75.2 Å². The van der Waals surface area contributed by atoms with Crippen molar-refractivity contribution in [3.8, 4) is 11.6 Å². The van der Waals surface area contributed by atoms with Gasteiger partial charge in [0.25, 0.3) is 5.88 Å². The average molecular weight is 663 g/mol. The van der Waals surface area contributed by atoms with Crippen LogP contribution in [0.15, 0.2) is 64.4 Å². The molecule has 1 fully saturated rings. The van der Waals surface area contributed by atoms with Gasteiger partial charge >= 0.3 is 6.16 Å². The number of allylic oxidation sites excluding steroid dienone is 1. The standard InChI is InChI=1S/C38H34N2O9/c1-37(2,3)48-36(44)46-32-24-13-20(17-41)11-12-23(24)30(40(4)5)25-15-21-14-22-16-26-29(35(39-49-26)45-18-19-9-7-6-8-10-19)33(43)38(22)34(47-38)27(21)31(42)28(25)32/h6-13,17,21-22H,14-16,18H2,1-5H3/t21?,22-,38+/m0/s1. The van der Waals surface area contributed by atoms with E-state index in [1.54, 1.807) is 39.0 Å². The first kappa shape index (κ1) is 30.9. The van der Waals surface area contributed by atoms with E-state index >= 15 is 0 Å². The second kappa shape index (κ2) is 10.8. The molecule has 4 aromatic rings. The Hall–Kier alpha value is -5.45. The zero-order valence-corrected chi connectivity index (χ0v) is 27.7. The minimum absolute atomic E-state index is 0.00909. The Bertz CT molecular complexity index is 2140. The fourth-order valence-electron chi connectivity index (χ4n) is 7.79. The molecule has 1 aromatic heterocycles. The summed E-state index contributed by atoms with van der Waals surface area (Å²) in [5.74, 6) is -0.361. The Labute approximate surface area is 281 Å². The number of Topliss-reactive ketones (excluding diaryl/α,β-unsaturated/α-hetero) is 2. The molecule has 3 aromatic carbocycles. The molecule has 1 spiro atoms. The molecule has 3 aliphatic carbocycles. The van der Waals surface area contributed by atoms with Crippen LogP contribution in [-0.2, 0) is 28.9 Å². The molecule has 0 bridgehead atoms. The molecule has 2 heterocycles. The highest BCUT2D eigenvalue weighted by atomic mass is 16.7. The number of hydrogen-bond acceptors (Lipinski definition) is 11. The third-order valence-electron chi connectivity index (χ3n) is 9.74. The Morgan fingerprint density at radius 2 is 1.84 bits per heavy atom. The highest BCUT2D eigenvalue weighted by Crippen LogP contribution is 2.63. The van der Waals surface area contributed by atoms with E-state index in [2.05, 4.69) is 5.16 Å². The SMILES string of the molecule is CN(C)c1c2c(c(OC(=O)OC(C)(C)C)c3cc(C=O)ccc13)C(=O)C1=C3O[C@]34C(=O)c3c(OCc5ccccc5)noc3C[C@@H]4CC1C2. The summed E-state index contributed by atoms with van der Waals surface area (Å²) in [7, 11) is 3.77. The average Bonchev–Trinajstić information content (AvgIpc) is 3.68. The lowest BCUT2D eigenvalue weighted by molar-refractivity contribution is 0.0208. The number of carbonyl (C=O) groups is 4. The Kier molecular flexibility index (Phi) is 6.79. The molecule has 0 amide bonds. The topological polar surface area (TPSA) is 138 Å². The number of aldehydes is 1. The summed E-state index contributed by atoms with van der Waals surface area (Å²) in [6.07, 6.45) is 1.04. The van der Waals surface area contributed by atoms with E-state index in [-0.39, 0.29) is 52.8 Å². The Morgan fingerprint density at radius 3 is 2.55 bits per heavy atom. The van der Waals surface area contributed by atoms with E-state index in [1.165, 1.54) is 0 Å². The van der Waals surface area contributed by atoms with Crippen molar-refractivity contribution < 1.29 is 42.6 Å². The van der Waals surface area contributed by atoms with Crippen molar-refractivity contribution in [2.45, 2.75) is 57.8 Å². The number of aromatic nitrogens is 1. The Balaban J connectivity index is 1.24. The molecule has 49 heavy (non-hydrogen) atoms. The summed E-state index contributed by atoms with van der Waals surface area (Å²) < 4.78 is 29.2. The summed E-state index contributed by atoms with van der Waals surface area (Å²) in [5, 5.41) is 5.23. The third kappa shape index (κ3) is 4.74. The number of ether oxygens (including phenoxy) is 4. The van der Waals surface area contributed by atoms with Gasteiger partial charge in [-0.2, -0.15) is 0 Å². The molecule has 11 heteroatoms. The van der Waals surface area contributed by atoms with Gasteiger partial charge in [0, 0.05) is 54.0 Å². The van der Waals surface area contributed by atoms with Crippen molar-refractivity contribution in [1.29, 1.82) is 0 Å². The van der Waals surface area contributed by atoms with Crippen molar-refractivity contribution >= 4 is 40.5 Å². The van der Waals surface area contributed by atoms with E-state index in [4.69, 9.17) is 23.5 Å². The molecule has 250 valence electrons. The number of rotatable bonds is 6. The van der Waals surface area contributed by atoms with Crippen LogP contribution in [0.4, 0.5) is 10.5 Å². The second-order valence-corrected chi connectivity index (χ2v) is 14.3. The monoisotopic (exact) mass is 662 g/mol. The first-order valence-corrected chi connectivity index (χ1v) is 16.3. The molecule has 0 N–H and O–H groups in total. The van der Waals surface area contributed by atoms with Gasteiger partial charge in [-0.25, -0.2) is 4.79 Å². The van der Waals surface area contributed by atoms with Crippen LogP contribution in [0, 0.1) is 11.8 Å². The lowest BCUT2D eigenvalue weighted by atomic mass is 9.63. The van der Waals surface area contributed by atoms with Crippen LogP contribution < -0.4 is 14.4 Å². The molecule has 1 unspecified atom stereocenters. The van der Waals surface area contributed by atoms with Gasteiger partial charge in [-0.15, -0.1) is 0 Å². The second-order valence-electron chi connectivity index (χ2n) is 14.3. The van der Waals surface area contributed by atoms with Crippen molar-refractivity contribution in [3.63, 3.8) is 0 Å². The van der Waals surface area contributed by atoms with E-state index in [1.807, 2.05) is 49.3 Å². The fraction of sp³-hybridized carbons (Fsp3) is 0.342. The normalized spacial score (nSPS) is 21.8. The molecular weight excluding hydrogens is 628 g/mol. The van der Waals surface area contributed by atoms with Crippen LogP contribution >= 0.6 is 0 Å². The predicted octanol–water partition coefficient (Wildman–Crippen LogP) is 6.44. The van der Waals surface area contributed by atoms with Crippen molar-refractivity contribution in [3.05, 3.63) is 93.4 Å². The number of epoxide rings is 1. The van der Waals surface area contributed by atoms with Crippen LogP contribution in [0.2, 0.25) is 0 Å². The van der Waals surface area contributed by atoms with Crippen LogP contribution in [0.3, 0.4) is 0 Å². The largest absolute Gasteiger partial charge is 0.514 e. The van der Waals surface area contributed by atoms with Crippen LogP contribution in [-0.4, -0.2) is 54.5 Å². The number of carbonyl (C=O) groups excluding carboxylic acids is 4. The lowest BCUT2D eigenvalue weighted by Crippen LogP contribution is -2.44. The lowest BCUT2D eigenvalue weighted by Gasteiger charge is -2.37. The summed E-state index contributed by atoms with van der Waals surface area (Å²) in [6, 6.07) is 14.6. The zero-order chi connectivity index (χ0) is 34.4. The maximum Gasteiger partial charge on any atom is 0.514 e. The maximum absolute atomic E-state index is 14.8. The van der Waals surface area contributed by atoms with E-state index in [0.717, 1.165) is 11.3 Å². The van der Waals surface area contributed by atoms with Crippen LogP contribution in [0.25, 0.3) is 10.8 Å². The predicted molar refractivity (Wildman–Crippen MR) is 176 cm³/mol. The van der Waals surface area contributed by atoms with Gasteiger partial charge in [0.15, 0.2) is 23.1 Å². The Morgan fingerprint density at radius 1 is 1.06 bits per heavy atom. The van der Waals surface area contributed by atoms with Gasteiger partial charge in [-0.1, -0.05) is 42.5 Å². The molecule has 1 saturated heterocycles. The smallest absolute Gasteiger partial charge is 0.470 e. The first-order chi connectivity index (χ1) is 23.4. The number of benzene rings is 3. The van der Waals surface area contributed by atoms with Gasteiger partial charge in [-0.3, -0.25) is 14.4 Å². The summed E-state index contributed by atoms with van der Waals surface area (Å²) in [4.78, 5) is 56.0. The van der Waals surface area contributed by atoms with E-state index in [9.17, 15) is 19.2 Å². The molecule has 3 atom stereocenters. The van der Waals surface area contributed by atoms with Crippen molar-refractivity contribution in [2.75, 3.05) is 19.0 Å². The van der Waals surface area contributed by atoms with Gasteiger partial charge in [-0.05, 0) is 61.9 Å². The summed E-state index contributed by atoms with van der Waals surface area (Å²) in [6.45, 7) is 5.34. The number of nitrogens with zero attached hydrogens (tertiary/aromatic N) is 2. The summed E-state index contributed by atoms with van der Waals surface area (Å²) in [5.41, 5.74) is 1.39. The molecule has 1 aliphatic heterocycles. The van der Waals surface area contributed by atoms with Gasteiger partial charge in [0.1, 0.15) is 24.1 Å². The highest BCUT2D eigenvalue weighted by molar-refractivity contribution is 6.21. The minimum atomic E-state index is -1.32. The van der Waals surface area contributed by atoms with E-state index in [0.29, 0.717) is 64.5 Å². The first-order valence-electron chi connectivity index (χ1n) is 16.3. The quantitative estimate of drug-likeness (QED) is 0.0976. The highest BCUT2D eigenvalue weighted by Gasteiger charge is 2.72.